The minimum Gasteiger partial charge on any atom is -0.477 e. The van der Waals surface area contributed by atoms with Crippen LogP contribution in [0.1, 0.15) is 29.2 Å². The average molecular weight is 238 g/mol. The van der Waals surface area contributed by atoms with Crippen LogP contribution in [0.5, 0.6) is 0 Å². The van der Waals surface area contributed by atoms with Gasteiger partial charge in [-0.1, -0.05) is 0 Å². The van der Waals surface area contributed by atoms with E-state index in [9.17, 15) is 9.59 Å². The highest BCUT2D eigenvalue weighted by Crippen LogP contribution is 2.22. The third-order valence-electron chi connectivity index (χ3n) is 3.11. The maximum Gasteiger partial charge on any atom is 0.354 e. The molecule has 1 aliphatic rings. The molecule has 1 aromatic heterocycles. The smallest absolute Gasteiger partial charge is 0.354 e. The second kappa shape index (κ2) is 4.57. The normalized spacial score (nSPS) is 19.2. The Hall–Kier alpha value is -1.85. The molecular weight excluding hydrogens is 224 g/mol. The largest absolute Gasteiger partial charge is 0.477 e. The standard InChI is InChI=1S/C11H14N2O4/c1-17-11(16)7-2-3-9-12-6-8(10(14)15)13(9)5-4-7/h6-7H,2-5H2,1H3,(H,14,15). The van der Waals surface area contributed by atoms with Gasteiger partial charge in [0.1, 0.15) is 11.5 Å². The van der Waals surface area contributed by atoms with E-state index in [1.807, 2.05) is 0 Å². The number of nitrogens with zero attached hydrogens (tertiary/aromatic N) is 2. The SMILES string of the molecule is COC(=O)C1CCc2ncc(C(=O)O)n2CC1. The molecule has 1 unspecified atom stereocenters. The molecule has 1 aromatic rings. The van der Waals surface area contributed by atoms with Crippen molar-refractivity contribution in [3.63, 3.8) is 0 Å². The summed E-state index contributed by atoms with van der Waals surface area (Å²) in [6, 6.07) is 0. The predicted molar refractivity (Wildman–Crippen MR) is 57.6 cm³/mol. The summed E-state index contributed by atoms with van der Waals surface area (Å²) in [5.41, 5.74) is 0.186. The number of aromatic carboxylic acids is 1. The molecule has 0 saturated carbocycles. The van der Waals surface area contributed by atoms with Gasteiger partial charge in [0.15, 0.2) is 0 Å². The summed E-state index contributed by atoms with van der Waals surface area (Å²) in [4.78, 5) is 26.5. The van der Waals surface area contributed by atoms with Gasteiger partial charge in [0, 0.05) is 13.0 Å². The van der Waals surface area contributed by atoms with E-state index in [1.165, 1.54) is 13.3 Å². The van der Waals surface area contributed by atoms with E-state index in [-0.39, 0.29) is 17.6 Å². The van der Waals surface area contributed by atoms with Crippen LogP contribution in [0.2, 0.25) is 0 Å². The van der Waals surface area contributed by atoms with Crippen molar-refractivity contribution < 1.29 is 19.4 Å². The number of carboxylic acids is 1. The van der Waals surface area contributed by atoms with Gasteiger partial charge in [-0.3, -0.25) is 4.79 Å². The Bertz CT molecular complexity index is 452. The maximum absolute atomic E-state index is 11.4. The third kappa shape index (κ3) is 2.15. The number of hydrogen-bond acceptors (Lipinski definition) is 4. The summed E-state index contributed by atoms with van der Waals surface area (Å²) in [5.74, 6) is -0.648. The highest BCUT2D eigenvalue weighted by atomic mass is 16.5. The van der Waals surface area contributed by atoms with Crippen LogP contribution in [0.15, 0.2) is 6.20 Å². The summed E-state index contributed by atoms with van der Waals surface area (Å²) in [5, 5.41) is 8.99. The molecule has 92 valence electrons. The van der Waals surface area contributed by atoms with Crippen LogP contribution in [0.3, 0.4) is 0 Å². The topological polar surface area (TPSA) is 81.4 Å². The lowest BCUT2D eigenvalue weighted by atomic mass is 10.0. The van der Waals surface area contributed by atoms with E-state index in [2.05, 4.69) is 4.98 Å². The van der Waals surface area contributed by atoms with Crippen molar-refractivity contribution >= 4 is 11.9 Å². The zero-order chi connectivity index (χ0) is 12.4. The molecule has 0 aliphatic carbocycles. The predicted octanol–water partition coefficient (Wildman–Crippen LogP) is 0.707. The number of carboxylic acid groups (broad SMARTS) is 1. The van der Waals surface area contributed by atoms with Gasteiger partial charge in [-0.2, -0.15) is 0 Å². The van der Waals surface area contributed by atoms with Crippen LogP contribution >= 0.6 is 0 Å². The number of aryl methyl sites for hydroxylation is 1. The van der Waals surface area contributed by atoms with E-state index in [4.69, 9.17) is 9.84 Å². The minimum absolute atomic E-state index is 0.164. The van der Waals surface area contributed by atoms with E-state index in [0.717, 1.165) is 5.82 Å². The minimum atomic E-state index is -0.986. The van der Waals surface area contributed by atoms with Crippen molar-refractivity contribution in [3.05, 3.63) is 17.7 Å². The van der Waals surface area contributed by atoms with Gasteiger partial charge in [0.25, 0.3) is 0 Å². The lowest BCUT2D eigenvalue weighted by Gasteiger charge is -2.10. The van der Waals surface area contributed by atoms with Crippen molar-refractivity contribution in [2.75, 3.05) is 7.11 Å². The van der Waals surface area contributed by atoms with Gasteiger partial charge in [-0.05, 0) is 12.8 Å². The number of fused-ring (bicyclic) bond motifs is 1. The molecule has 2 heterocycles. The van der Waals surface area contributed by atoms with Gasteiger partial charge in [-0.25, -0.2) is 9.78 Å². The number of hydrogen-bond donors (Lipinski definition) is 1. The number of aromatic nitrogens is 2. The van der Waals surface area contributed by atoms with Gasteiger partial charge in [0.2, 0.25) is 0 Å². The second-order valence-electron chi connectivity index (χ2n) is 4.06. The number of ether oxygens (including phenoxy) is 1. The zero-order valence-corrected chi connectivity index (χ0v) is 9.55. The van der Waals surface area contributed by atoms with Gasteiger partial charge in [-0.15, -0.1) is 0 Å². The Kier molecular flexibility index (Phi) is 3.12. The quantitative estimate of drug-likeness (QED) is 0.767. The first kappa shape index (κ1) is 11.6. The fraction of sp³-hybridized carbons (Fsp3) is 0.545. The Labute approximate surface area is 98.2 Å². The number of imidazole rings is 1. The van der Waals surface area contributed by atoms with Crippen molar-refractivity contribution in [2.24, 2.45) is 5.92 Å². The summed E-state index contributed by atoms with van der Waals surface area (Å²) in [6.07, 6.45) is 3.22. The third-order valence-corrected chi connectivity index (χ3v) is 3.11. The first-order chi connectivity index (χ1) is 8.13. The molecule has 0 radical (unpaired) electrons. The molecule has 1 N–H and O–H groups in total. The van der Waals surface area contributed by atoms with E-state index in [0.29, 0.717) is 25.8 Å². The lowest BCUT2D eigenvalue weighted by Crippen LogP contribution is -2.17. The van der Waals surface area contributed by atoms with Crippen LogP contribution < -0.4 is 0 Å². The number of esters is 1. The molecule has 0 saturated heterocycles. The molecule has 0 fully saturated rings. The highest BCUT2D eigenvalue weighted by molar-refractivity contribution is 5.85. The Balaban J connectivity index is 2.19. The molecular formula is C11H14N2O4. The molecule has 1 atom stereocenters. The number of carbonyl (C=O) groups is 2. The molecule has 0 amide bonds. The second-order valence-corrected chi connectivity index (χ2v) is 4.06. The Morgan fingerprint density at radius 3 is 2.94 bits per heavy atom. The average Bonchev–Trinajstić information content (AvgIpc) is 2.61. The number of rotatable bonds is 2. The summed E-state index contributed by atoms with van der Waals surface area (Å²) in [7, 11) is 1.37. The molecule has 6 heteroatoms. The van der Waals surface area contributed by atoms with Crippen molar-refractivity contribution in [1.82, 2.24) is 9.55 Å². The Morgan fingerprint density at radius 1 is 1.53 bits per heavy atom. The van der Waals surface area contributed by atoms with Crippen LogP contribution in [0.4, 0.5) is 0 Å². The molecule has 1 aliphatic heterocycles. The van der Waals surface area contributed by atoms with Crippen LogP contribution in [-0.4, -0.2) is 33.7 Å². The van der Waals surface area contributed by atoms with Gasteiger partial charge in [0.05, 0.1) is 19.2 Å². The van der Waals surface area contributed by atoms with Gasteiger partial charge >= 0.3 is 11.9 Å². The van der Waals surface area contributed by atoms with Crippen molar-refractivity contribution in [1.29, 1.82) is 0 Å². The fourth-order valence-electron chi connectivity index (χ4n) is 2.17. The van der Waals surface area contributed by atoms with Crippen LogP contribution in [0, 0.1) is 5.92 Å². The monoisotopic (exact) mass is 238 g/mol. The molecule has 0 spiro atoms. The van der Waals surface area contributed by atoms with E-state index >= 15 is 0 Å². The number of methoxy groups -OCH3 is 1. The van der Waals surface area contributed by atoms with Crippen molar-refractivity contribution in [2.45, 2.75) is 25.8 Å². The van der Waals surface area contributed by atoms with E-state index < -0.39 is 5.97 Å². The van der Waals surface area contributed by atoms with Crippen molar-refractivity contribution in [3.8, 4) is 0 Å². The summed E-state index contributed by atoms with van der Waals surface area (Å²) < 4.78 is 6.39. The molecule has 2 rings (SSSR count). The van der Waals surface area contributed by atoms with Crippen LogP contribution in [0.25, 0.3) is 0 Å². The zero-order valence-electron chi connectivity index (χ0n) is 9.55. The summed E-state index contributed by atoms with van der Waals surface area (Å²) >= 11 is 0. The molecule has 17 heavy (non-hydrogen) atoms. The molecule has 6 nitrogen and oxygen atoms in total. The molecule has 0 bridgehead atoms. The first-order valence-electron chi connectivity index (χ1n) is 5.49. The fourth-order valence-corrected chi connectivity index (χ4v) is 2.17. The molecule has 0 aromatic carbocycles. The van der Waals surface area contributed by atoms with E-state index in [1.54, 1.807) is 4.57 Å². The number of carbonyl (C=O) groups excluding carboxylic acids is 1. The maximum atomic E-state index is 11.4. The van der Waals surface area contributed by atoms with Crippen LogP contribution in [-0.2, 0) is 22.5 Å². The highest BCUT2D eigenvalue weighted by Gasteiger charge is 2.25. The Morgan fingerprint density at radius 2 is 2.29 bits per heavy atom. The van der Waals surface area contributed by atoms with Gasteiger partial charge < -0.3 is 14.4 Å². The lowest BCUT2D eigenvalue weighted by molar-refractivity contribution is -0.145. The summed E-state index contributed by atoms with van der Waals surface area (Å²) in [6.45, 7) is 0.497. The first-order valence-corrected chi connectivity index (χ1v) is 5.49.